The third kappa shape index (κ3) is 4.83. The van der Waals surface area contributed by atoms with Crippen molar-refractivity contribution in [2.24, 2.45) is 5.92 Å². The zero-order valence-corrected chi connectivity index (χ0v) is 16.6. The normalized spacial score (nSPS) is 11.1. The summed E-state index contributed by atoms with van der Waals surface area (Å²) in [5.74, 6) is 0.761. The van der Waals surface area contributed by atoms with Gasteiger partial charge in [0, 0.05) is 17.4 Å². The first kappa shape index (κ1) is 19.3. The molecule has 0 saturated carbocycles. The van der Waals surface area contributed by atoms with Crippen LogP contribution < -0.4 is 0 Å². The Balaban J connectivity index is 1.70. The molecule has 0 fully saturated rings. The minimum Gasteiger partial charge on any atom is -0.507 e. The molecule has 4 heteroatoms. The Morgan fingerprint density at radius 3 is 2.44 bits per heavy atom. The van der Waals surface area contributed by atoms with Crippen LogP contribution in [0.25, 0.3) is 11.3 Å². The van der Waals surface area contributed by atoms with Crippen LogP contribution in [-0.4, -0.2) is 16.4 Å². The van der Waals surface area contributed by atoms with E-state index in [0.717, 1.165) is 35.0 Å². The van der Waals surface area contributed by atoms with Gasteiger partial charge >= 0.3 is 0 Å². The van der Waals surface area contributed by atoms with E-state index in [-0.39, 0.29) is 11.3 Å². The summed E-state index contributed by atoms with van der Waals surface area (Å²) in [7, 11) is 0. The number of carbonyl (C=O) groups is 1. The van der Waals surface area contributed by atoms with Gasteiger partial charge in [-0.15, -0.1) is 11.3 Å². The molecule has 0 bridgehead atoms. The summed E-state index contributed by atoms with van der Waals surface area (Å²) < 4.78 is 0. The van der Waals surface area contributed by atoms with Crippen molar-refractivity contribution in [1.82, 2.24) is 4.98 Å². The average Bonchev–Trinajstić information content (AvgIpc) is 3.16. The highest BCUT2D eigenvalue weighted by molar-refractivity contribution is 7.10. The Morgan fingerprint density at radius 2 is 1.78 bits per heavy atom. The largest absolute Gasteiger partial charge is 0.507 e. The number of thiazole rings is 1. The van der Waals surface area contributed by atoms with E-state index in [9.17, 15) is 9.90 Å². The third-order valence-corrected chi connectivity index (χ3v) is 5.91. The number of carbonyl (C=O) groups excluding carboxylic acids is 1. The van der Waals surface area contributed by atoms with Crippen molar-refractivity contribution in [3.8, 4) is 17.0 Å². The van der Waals surface area contributed by atoms with Gasteiger partial charge in [-0.2, -0.15) is 0 Å². The first-order chi connectivity index (χ1) is 13.1. The van der Waals surface area contributed by atoms with E-state index in [2.05, 4.69) is 38.1 Å². The van der Waals surface area contributed by atoms with Crippen molar-refractivity contribution >= 4 is 17.6 Å². The molecule has 0 aliphatic carbocycles. The van der Waals surface area contributed by atoms with Crippen LogP contribution in [0.15, 0.2) is 47.8 Å². The summed E-state index contributed by atoms with van der Waals surface area (Å²) in [4.78, 5) is 15.7. The Hall–Kier alpha value is -2.46. The molecule has 3 rings (SSSR count). The summed E-state index contributed by atoms with van der Waals surface area (Å²) >= 11 is 1.62. The summed E-state index contributed by atoms with van der Waals surface area (Å²) in [5.41, 5.74) is 4.62. The molecule has 0 radical (unpaired) electrons. The van der Waals surface area contributed by atoms with Crippen LogP contribution in [0.3, 0.4) is 0 Å². The fourth-order valence-electron chi connectivity index (χ4n) is 3.21. The van der Waals surface area contributed by atoms with Crippen molar-refractivity contribution in [2.45, 2.75) is 39.5 Å². The molecule has 2 aromatic carbocycles. The summed E-state index contributed by atoms with van der Waals surface area (Å²) in [6.45, 7) is 4.52. The number of phenolic OH excluding ortho intramolecular Hbond substituents is 1. The molecule has 1 heterocycles. The van der Waals surface area contributed by atoms with E-state index < -0.39 is 0 Å². The highest BCUT2D eigenvalue weighted by Crippen LogP contribution is 2.27. The molecule has 0 aliphatic rings. The highest BCUT2D eigenvalue weighted by Gasteiger charge is 2.09. The van der Waals surface area contributed by atoms with Crippen LogP contribution >= 0.6 is 11.3 Å². The fourth-order valence-corrected chi connectivity index (χ4v) is 4.05. The Kier molecular flexibility index (Phi) is 6.40. The second-order valence-electron chi connectivity index (χ2n) is 6.90. The number of rotatable bonds is 8. The smallest absolute Gasteiger partial charge is 0.153 e. The van der Waals surface area contributed by atoms with Gasteiger partial charge in [0.2, 0.25) is 0 Å². The number of aromatic nitrogens is 1. The predicted molar refractivity (Wildman–Crippen MR) is 112 cm³/mol. The monoisotopic (exact) mass is 379 g/mol. The van der Waals surface area contributed by atoms with Crippen LogP contribution in [0.2, 0.25) is 0 Å². The van der Waals surface area contributed by atoms with Crippen LogP contribution in [-0.2, 0) is 12.8 Å². The van der Waals surface area contributed by atoms with Gasteiger partial charge in [0.05, 0.1) is 16.3 Å². The summed E-state index contributed by atoms with van der Waals surface area (Å²) in [6.07, 6.45) is 5.06. The lowest BCUT2D eigenvalue weighted by atomic mass is 9.94. The van der Waals surface area contributed by atoms with Crippen LogP contribution in [0.1, 0.15) is 53.2 Å². The quantitative estimate of drug-likeness (QED) is 0.496. The molecule has 0 unspecified atom stereocenters. The second-order valence-corrected chi connectivity index (χ2v) is 7.84. The van der Waals surface area contributed by atoms with E-state index in [1.165, 1.54) is 30.0 Å². The molecule has 0 aliphatic heterocycles. The van der Waals surface area contributed by atoms with Crippen LogP contribution in [0, 0.1) is 5.92 Å². The fraction of sp³-hybridized carbons (Fsp3) is 0.304. The number of hydrogen-bond acceptors (Lipinski definition) is 4. The lowest BCUT2D eigenvalue weighted by molar-refractivity contribution is 0.112. The van der Waals surface area contributed by atoms with Crippen molar-refractivity contribution in [1.29, 1.82) is 0 Å². The Bertz CT molecular complexity index is 895. The highest BCUT2D eigenvalue weighted by atomic mass is 32.1. The molecule has 1 aromatic heterocycles. The van der Waals surface area contributed by atoms with Crippen LogP contribution in [0.4, 0.5) is 0 Å². The van der Waals surface area contributed by atoms with Crippen molar-refractivity contribution in [3.63, 3.8) is 0 Å². The maximum absolute atomic E-state index is 11.0. The maximum Gasteiger partial charge on any atom is 0.153 e. The van der Waals surface area contributed by atoms with E-state index in [1.807, 2.05) is 5.38 Å². The maximum atomic E-state index is 11.0. The van der Waals surface area contributed by atoms with Gasteiger partial charge in [0.15, 0.2) is 6.29 Å². The van der Waals surface area contributed by atoms with E-state index in [1.54, 1.807) is 23.5 Å². The molecule has 3 aromatic rings. The summed E-state index contributed by atoms with van der Waals surface area (Å²) in [5, 5.41) is 12.7. The molecule has 0 atom stereocenters. The first-order valence-electron chi connectivity index (χ1n) is 9.43. The molecule has 0 amide bonds. The minimum atomic E-state index is -0.00215. The van der Waals surface area contributed by atoms with Gasteiger partial charge in [0.1, 0.15) is 5.75 Å². The minimum absolute atomic E-state index is 0.00215. The van der Waals surface area contributed by atoms with Gasteiger partial charge in [-0.25, -0.2) is 4.98 Å². The van der Waals surface area contributed by atoms with Gasteiger partial charge in [0.25, 0.3) is 0 Å². The number of nitrogens with zero attached hydrogens (tertiary/aromatic N) is 1. The Morgan fingerprint density at radius 1 is 1.07 bits per heavy atom. The van der Waals surface area contributed by atoms with E-state index in [0.29, 0.717) is 6.29 Å². The molecule has 1 N–H and O–H groups in total. The molecule has 0 saturated heterocycles. The Labute approximate surface area is 164 Å². The zero-order valence-electron chi connectivity index (χ0n) is 15.8. The molecular formula is C23H25NO2S. The summed E-state index contributed by atoms with van der Waals surface area (Å²) in [6, 6.07) is 13.9. The van der Waals surface area contributed by atoms with Gasteiger partial charge in [-0.05, 0) is 41.7 Å². The number of aldehydes is 1. The molecule has 140 valence electrons. The molecule has 0 spiro atoms. The molecule has 3 nitrogen and oxygen atoms in total. The molecular weight excluding hydrogens is 354 g/mol. The lowest BCUT2D eigenvalue weighted by Gasteiger charge is -2.12. The van der Waals surface area contributed by atoms with E-state index >= 15 is 0 Å². The molecule has 27 heavy (non-hydrogen) atoms. The first-order valence-corrected chi connectivity index (χ1v) is 10.3. The van der Waals surface area contributed by atoms with Gasteiger partial charge in [-0.1, -0.05) is 51.0 Å². The number of benzene rings is 2. The number of phenols is 1. The lowest BCUT2D eigenvalue weighted by Crippen LogP contribution is -2.01. The predicted octanol–water partition coefficient (Wildman–Crippen LogP) is 5.90. The zero-order chi connectivity index (χ0) is 19.2. The van der Waals surface area contributed by atoms with Gasteiger partial charge < -0.3 is 5.11 Å². The van der Waals surface area contributed by atoms with Crippen molar-refractivity contribution in [3.05, 3.63) is 69.5 Å². The standard InChI is InChI=1S/C23H25NO2S/c1-3-16(4-2)11-17-5-7-18(8-6-17)12-23-24-21(15-27-23)19-9-10-22(26)20(13-19)14-25/h5-10,13-16,26H,3-4,11-12H2,1-2H3. The third-order valence-electron chi connectivity index (χ3n) is 5.06. The van der Waals surface area contributed by atoms with Crippen molar-refractivity contribution < 1.29 is 9.90 Å². The average molecular weight is 380 g/mol. The SMILES string of the molecule is CCC(CC)Cc1ccc(Cc2nc(-c3ccc(O)c(C=O)c3)cs2)cc1. The topological polar surface area (TPSA) is 50.2 Å². The number of hydrogen-bond donors (Lipinski definition) is 1. The van der Waals surface area contributed by atoms with E-state index in [4.69, 9.17) is 4.98 Å². The second kappa shape index (κ2) is 8.96. The van der Waals surface area contributed by atoms with Gasteiger partial charge in [-0.3, -0.25) is 4.79 Å². The van der Waals surface area contributed by atoms with Crippen molar-refractivity contribution in [2.75, 3.05) is 0 Å². The van der Waals surface area contributed by atoms with Crippen LogP contribution in [0.5, 0.6) is 5.75 Å². The number of aromatic hydroxyl groups is 1.